The molecule has 1 aromatic heterocycles. The maximum absolute atomic E-state index is 11.3. The number of hydrogen-bond acceptors (Lipinski definition) is 6. The monoisotopic (exact) mass is 273 g/mol. The van der Waals surface area contributed by atoms with Crippen molar-refractivity contribution in [3.8, 4) is 0 Å². The van der Waals surface area contributed by atoms with E-state index >= 15 is 0 Å². The topological polar surface area (TPSA) is 101 Å². The van der Waals surface area contributed by atoms with Gasteiger partial charge in [-0.05, 0) is 6.42 Å². The molecule has 0 aromatic carbocycles. The van der Waals surface area contributed by atoms with Crippen LogP contribution in [-0.4, -0.2) is 48.6 Å². The molecule has 102 valence electrons. The summed E-state index contributed by atoms with van der Waals surface area (Å²) in [5, 5.41) is 3.02. The molecule has 18 heavy (non-hydrogen) atoms. The highest BCUT2D eigenvalue weighted by Crippen LogP contribution is 2.09. The molecule has 0 saturated carbocycles. The molecule has 1 heterocycles. The van der Waals surface area contributed by atoms with Gasteiger partial charge in [0, 0.05) is 32.0 Å². The molecule has 0 saturated heterocycles. The normalized spacial score (nSPS) is 11.7. The van der Waals surface area contributed by atoms with Crippen LogP contribution in [0, 0.1) is 0 Å². The van der Waals surface area contributed by atoms with Gasteiger partial charge in [-0.15, -0.1) is 0 Å². The summed E-state index contributed by atoms with van der Waals surface area (Å²) < 4.78 is 24.1. The highest BCUT2D eigenvalue weighted by molar-refractivity contribution is 7.88. The van der Waals surface area contributed by atoms with Crippen LogP contribution < -0.4 is 11.1 Å². The molecule has 0 aliphatic rings. The Labute approximate surface area is 107 Å². The van der Waals surface area contributed by atoms with E-state index in [1.165, 1.54) is 16.8 Å². The minimum atomic E-state index is -3.12. The lowest BCUT2D eigenvalue weighted by Gasteiger charge is -2.17. The number of hydrogen-bond donors (Lipinski definition) is 2. The van der Waals surface area contributed by atoms with Crippen molar-refractivity contribution >= 4 is 21.7 Å². The van der Waals surface area contributed by atoms with Gasteiger partial charge in [-0.3, -0.25) is 0 Å². The van der Waals surface area contributed by atoms with Gasteiger partial charge in [0.1, 0.15) is 0 Å². The number of nitrogens with zero attached hydrogens (tertiary/aromatic N) is 3. The van der Waals surface area contributed by atoms with Gasteiger partial charge < -0.3 is 11.1 Å². The lowest BCUT2D eigenvalue weighted by atomic mass is 10.4. The fourth-order valence-corrected chi connectivity index (χ4v) is 2.44. The van der Waals surface area contributed by atoms with Crippen molar-refractivity contribution < 1.29 is 8.42 Å². The third-order valence-electron chi connectivity index (χ3n) is 2.43. The maximum atomic E-state index is 11.3. The fourth-order valence-electron chi connectivity index (χ4n) is 1.51. The molecular weight excluding hydrogens is 254 g/mol. The molecule has 0 amide bonds. The number of nitrogens with one attached hydrogen (secondary N) is 1. The van der Waals surface area contributed by atoms with Gasteiger partial charge in [0.25, 0.3) is 0 Å². The van der Waals surface area contributed by atoms with Gasteiger partial charge in [0.15, 0.2) is 11.6 Å². The van der Waals surface area contributed by atoms with E-state index in [0.29, 0.717) is 37.7 Å². The Bertz CT molecular complexity index is 477. The summed E-state index contributed by atoms with van der Waals surface area (Å²) in [4.78, 5) is 7.93. The lowest BCUT2D eigenvalue weighted by molar-refractivity contribution is 0.428. The Kier molecular flexibility index (Phi) is 5.29. The highest BCUT2D eigenvalue weighted by Gasteiger charge is 2.13. The molecule has 3 N–H and O–H groups in total. The third-order valence-corrected chi connectivity index (χ3v) is 3.80. The van der Waals surface area contributed by atoms with Gasteiger partial charge in [0.05, 0.1) is 6.26 Å². The number of nitrogens with two attached hydrogens (primary N) is 1. The largest absolute Gasteiger partial charge is 0.381 e. The summed E-state index contributed by atoms with van der Waals surface area (Å²) in [6.45, 7) is 3.36. The van der Waals surface area contributed by atoms with Gasteiger partial charge >= 0.3 is 0 Å². The first-order valence-electron chi connectivity index (χ1n) is 5.70. The summed E-state index contributed by atoms with van der Waals surface area (Å²) in [6, 6.07) is 0. The first kappa shape index (κ1) is 14.7. The number of rotatable bonds is 7. The fraction of sp³-hybridized carbons (Fsp3) is 0.600. The van der Waals surface area contributed by atoms with Crippen molar-refractivity contribution in [3.05, 3.63) is 12.4 Å². The maximum Gasteiger partial charge on any atom is 0.211 e. The van der Waals surface area contributed by atoms with Crippen LogP contribution >= 0.6 is 0 Å². The van der Waals surface area contributed by atoms with Crippen LogP contribution in [0.5, 0.6) is 0 Å². The van der Waals surface area contributed by atoms with Crippen molar-refractivity contribution in [3.63, 3.8) is 0 Å². The molecule has 0 aliphatic heterocycles. The Morgan fingerprint density at radius 1 is 1.39 bits per heavy atom. The van der Waals surface area contributed by atoms with Crippen molar-refractivity contribution in [2.45, 2.75) is 13.3 Å². The summed E-state index contributed by atoms with van der Waals surface area (Å²) in [5.74, 6) is 0.868. The average Bonchev–Trinajstić information content (AvgIpc) is 2.29. The Morgan fingerprint density at radius 3 is 2.61 bits per heavy atom. The summed E-state index contributed by atoms with van der Waals surface area (Å²) >= 11 is 0. The van der Waals surface area contributed by atoms with E-state index in [1.54, 1.807) is 6.20 Å². The van der Waals surface area contributed by atoms with Crippen molar-refractivity contribution in [1.29, 1.82) is 0 Å². The molecule has 1 aromatic rings. The lowest BCUT2D eigenvalue weighted by Crippen LogP contribution is -2.31. The predicted molar refractivity (Wildman–Crippen MR) is 71.6 cm³/mol. The first-order valence-corrected chi connectivity index (χ1v) is 7.55. The third kappa shape index (κ3) is 4.46. The molecular formula is C10H19N5O2S. The zero-order valence-electron chi connectivity index (χ0n) is 10.6. The second kappa shape index (κ2) is 6.50. The molecule has 0 spiro atoms. The van der Waals surface area contributed by atoms with E-state index in [-0.39, 0.29) is 0 Å². The molecule has 8 heteroatoms. The molecule has 0 aliphatic carbocycles. The van der Waals surface area contributed by atoms with E-state index in [1.807, 2.05) is 6.92 Å². The number of nitrogen functional groups attached to an aromatic ring is 1. The van der Waals surface area contributed by atoms with Crippen LogP contribution in [-0.2, 0) is 10.0 Å². The van der Waals surface area contributed by atoms with Crippen molar-refractivity contribution in [2.75, 3.05) is 36.9 Å². The highest BCUT2D eigenvalue weighted by atomic mass is 32.2. The molecule has 0 bridgehead atoms. The zero-order chi connectivity index (χ0) is 13.6. The minimum Gasteiger partial charge on any atom is -0.381 e. The van der Waals surface area contributed by atoms with E-state index in [4.69, 9.17) is 5.73 Å². The van der Waals surface area contributed by atoms with Gasteiger partial charge in [-0.25, -0.2) is 22.7 Å². The summed E-state index contributed by atoms with van der Waals surface area (Å²) in [7, 11) is -3.12. The van der Waals surface area contributed by atoms with E-state index < -0.39 is 10.0 Å². The average molecular weight is 273 g/mol. The van der Waals surface area contributed by atoms with E-state index in [0.717, 1.165) is 0 Å². The van der Waals surface area contributed by atoms with Gasteiger partial charge in [0.2, 0.25) is 10.0 Å². The van der Waals surface area contributed by atoms with Crippen LogP contribution in [0.2, 0.25) is 0 Å². The molecule has 1 rings (SSSR count). The molecule has 0 fully saturated rings. The molecule has 0 unspecified atom stereocenters. The predicted octanol–water partition coefficient (Wildman–Crippen LogP) is 0.142. The minimum absolute atomic E-state index is 0.341. The zero-order valence-corrected chi connectivity index (χ0v) is 11.4. The van der Waals surface area contributed by atoms with Crippen molar-refractivity contribution in [1.82, 2.24) is 14.3 Å². The summed E-state index contributed by atoms with van der Waals surface area (Å²) in [5.41, 5.74) is 5.62. The molecule has 0 radical (unpaired) electrons. The van der Waals surface area contributed by atoms with Crippen LogP contribution in [0.15, 0.2) is 12.4 Å². The molecule has 0 atom stereocenters. The number of aromatic nitrogens is 2. The van der Waals surface area contributed by atoms with Gasteiger partial charge in [-0.2, -0.15) is 0 Å². The molecule has 7 nitrogen and oxygen atoms in total. The van der Waals surface area contributed by atoms with Crippen LogP contribution in [0.3, 0.4) is 0 Å². The number of sulfonamides is 1. The summed E-state index contributed by atoms with van der Waals surface area (Å²) in [6.07, 6.45) is 4.96. The SMILES string of the molecule is CCN(CCCNc1nccnc1N)S(C)(=O)=O. The first-order chi connectivity index (χ1) is 8.45. The second-order valence-corrected chi connectivity index (χ2v) is 5.81. The van der Waals surface area contributed by atoms with E-state index in [9.17, 15) is 8.42 Å². The standard InChI is InChI=1S/C10H19N5O2S/c1-3-15(18(2,16)17)8-4-5-13-10-9(11)12-6-7-14-10/h6-7H,3-5,8H2,1-2H3,(H2,11,12)(H,13,14). The van der Waals surface area contributed by atoms with Crippen LogP contribution in [0.25, 0.3) is 0 Å². The van der Waals surface area contributed by atoms with Gasteiger partial charge in [-0.1, -0.05) is 6.92 Å². The van der Waals surface area contributed by atoms with Crippen LogP contribution in [0.1, 0.15) is 13.3 Å². The number of anilines is 2. The Hall–Kier alpha value is -1.41. The Balaban J connectivity index is 2.37. The second-order valence-electron chi connectivity index (χ2n) is 3.83. The quantitative estimate of drug-likeness (QED) is 0.685. The van der Waals surface area contributed by atoms with E-state index in [2.05, 4.69) is 15.3 Å². The Morgan fingerprint density at radius 2 is 2.06 bits per heavy atom. The van der Waals surface area contributed by atoms with Crippen molar-refractivity contribution in [2.24, 2.45) is 0 Å². The van der Waals surface area contributed by atoms with Crippen LogP contribution in [0.4, 0.5) is 11.6 Å². The smallest absolute Gasteiger partial charge is 0.211 e.